The second kappa shape index (κ2) is 14.5. The molecule has 13 nitrogen and oxygen atoms in total. The number of imide groups is 1. The lowest BCUT2D eigenvalue weighted by atomic mass is 10.1. The Balaban J connectivity index is 0.00000324. The number of aromatic nitrogens is 4. The number of likely N-dealkylation sites (tertiary alicyclic amines) is 1. The van der Waals surface area contributed by atoms with Gasteiger partial charge in [0.15, 0.2) is 11.2 Å². The highest BCUT2D eigenvalue weighted by atomic mass is 32.2. The first-order valence-corrected chi connectivity index (χ1v) is 11.9. The van der Waals surface area contributed by atoms with Gasteiger partial charge in [-0.2, -0.15) is 16.7 Å². The van der Waals surface area contributed by atoms with Crippen LogP contribution in [0.2, 0.25) is 0 Å². The Labute approximate surface area is 214 Å². The van der Waals surface area contributed by atoms with Crippen molar-refractivity contribution in [2.45, 2.75) is 51.5 Å². The molecule has 195 valence electrons. The predicted octanol–water partition coefficient (Wildman–Crippen LogP) is -0.100. The number of nitrogens with zero attached hydrogens (tertiary/aromatic N) is 4. The minimum absolute atomic E-state index is 0. The monoisotopic (exact) mass is 521 g/mol. The number of Topliss-reactive ketones (excluding diaryl/α,β-unsaturated/α-hetero) is 1. The number of imidazole rings is 1. The van der Waals surface area contributed by atoms with Crippen molar-refractivity contribution in [1.29, 1.82) is 0 Å². The fourth-order valence-electron chi connectivity index (χ4n) is 3.41. The van der Waals surface area contributed by atoms with Crippen molar-refractivity contribution in [2.24, 2.45) is 0 Å². The lowest BCUT2D eigenvalue weighted by molar-refractivity contribution is -0.138. The molecule has 1 fully saturated rings. The third-order valence-electron chi connectivity index (χ3n) is 5.15. The molecule has 0 aliphatic carbocycles. The number of thioether (sulfide) groups is 1. The number of fused-ring (bicyclic) bond motifs is 1. The first-order valence-electron chi connectivity index (χ1n) is 10.7. The highest BCUT2D eigenvalue weighted by molar-refractivity contribution is 8.00. The molecule has 1 saturated heterocycles. The average molecular weight is 521 g/mol. The van der Waals surface area contributed by atoms with Gasteiger partial charge in [-0.25, -0.2) is 4.98 Å². The Morgan fingerprint density at radius 3 is 2.69 bits per heavy atom. The maximum Gasteiger partial charge on any atom is 0.280 e. The Hall–Kier alpha value is -3.04. The van der Waals surface area contributed by atoms with Crippen LogP contribution in [0.15, 0.2) is 11.1 Å². The molecule has 3 radical (unpaired) electrons. The summed E-state index contributed by atoms with van der Waals surface area (Å²) in [6, 6.07) is 0. The standard InChI is InChI=1S/C20H26N6O7S.CH4.B/c1-34-13-9-15(30)26(19(13)32)6-2-3-12(28)4-5-14(29)22-20-23-17-16(18(31)24-20)21-10-25(17)11-33-8-7-27;;/h10,13,27H,2-9,11H2,1H3,(H2,22,23,24,29,31);1H4;. The zero-order valence-corrected chi connectivity index (χ0v) is 20.0. The lowest BCUT2D eigenvalue weighted by Gasteiger charge is -2.13. The molecule has 1 unspecified atom stereocenters. The van der Waals surface area contributed by atoms with Gasteiger partial charge >= 0.3 is 0 Å². The average Bonchev–Trinajstić information content (AvgIpc) is 3.33. The number of H-pyrrole nitrogens is 1. The number of ether oxygens (including phenoxy) is 1. The molecule has 1 aliphatic rings. The van der Waals surface area contributed by atoms with Crippen molar-refractivity contribution in [1.82, 2.24) is 24.4 Å². The maximum atomic E-state index is 12.2. The normalized spacial score (nSPS) is 15.1. The number of rotatable bonds is 13. The van der Waals surface area contributed by atoms with E-state index in [4.69, 9.17) is 9.84 Å². The molecule has 2 aromatic heterocycles. The van der Waals surface area contributed by atoms with E-state index in [1.807, 2.05) is 0 Å². The number of nitrogens with one attached hydrogen (secondary N) is 2. The van der Waals surface area contributed by atoms with Crippen LogP contribution in [0.5, 0.6) is 0 Å². The fraction of sp³-hybridized carbons (Fsp3) is 0.571. The van der Waals surface area contributed by atoms with Gasteiger partial charge in [0.25, 0.3) is 5.56 Å². The molecular weight excluding hydrogens is 491 g/mol. The van der Waals surface area contributed by atoms with Gasteiger partial charge in [0.1, 0.15) is 12.5 Å². The fourth-order valence-corrected chi connectivity index (χ4v) is 4.05. The van der Waals surface area contributed by atoms with Gasteiger partial charge in [-0.05, 0) is 12.7 Å². The summed E-state index contributed by atoms with van der Waals surface area (Å²) in [6.07, 6.45) is 3.66. The molecule has 1 aliphatic heterocycles. The van der Waals surface area contributed by atoms with E-state index in [2.05, 4.69) is 20.3 Å². The van der Waals surface area contributed by atoms with E-state index in [1.54, 1.807) is 6.26 Å². The van der Waals surface area contributed by atoms with Gasteiger partial charge in [-0.1, -0.05) is 7.43 Å². The molecular formula is C21H30BN6O7S. The van der Waals surface area contributed by atoms with E-state index in [0.29, 0.717) is 6.42 Å². The summed E-state index contributed by atoms with van der Waals surface area (Å²) in [5.41, 5.74) is -0.283. The number of aliphatic hydroxyl groups excluding tert-OH is 1. The lowest BCUT2D eigenvalue weighted by Crippen LogP contribution is -2.32. The SMILES string of the molecule is C.CSC1CC(=O)N(CCCC(=O)CCC(=O)Nc2nc3c(ncn3COCCO)c(=O)[nH]2)C1=O.[B]. The molecule has 0 saturated carbocycles. The summed E-state index contributed by atoms with van der Waals surface area (Å²) in [5.74, 6) is -1.22. The van der Waals surface area contributed by atoms with Crippen LogP contribution in [0.1, 0.15) is 39.5 Å². The summed E-state index contributed by atoms with van der Waals surface area (Å²) in [5, 5.41) is 10.9. The molecule has 0 aromatic carbocycles. The Bertz CT molecular complexity index is 1140. The van der Waals surface area contributed by atoms with Crippen LogP contribution in [-0.2, 0) is 30.6 Å². The molecule has 3 heterocycles. The van der Waals surface area contributed by atoms with Crippen molar-refractivity contribution in [3.63, 3.8) is 0 Å². The summed E-state index contributed by atoms with van der Waals surface area (Å²) >= 11 is 1.34. The second-order valence-electron chi connectivity index (χ2n) is 7.56. The highest BCUT2D eigenvalue weighted by Crippen LogP contribution is 2.23. The number of carbonyl (C=O) groups excluding carboxylic acids is 4. The summed E-state index contributed by atoms with van der Waals surface area (Å²) < 4.78 is 6.66. The molecule has 2 aromatic rings. The molecule has 3 amide bonds. The number of ketones is 1. The summed E-state index contributed by atoms with van der Waals surface area (Å²) in [4.78, 5) is 72.3. The van der Waals surface area contributed by atoms with Gasteiger partial charge in [0.05, 0.1) is 24.8 Å². The zero-order chi connectivity index (χ0) is 24.7. The number of carbonyl (C=O) groups is 4. The van der Waals surface area contributed by atoms with Crippen molar-refractivity contribution in [3.8, 4) is 0 Å². The van der Waals surface area contributed by atoms with Gasteiger partial charge in [0, 0.05) is 40.6 Å². The Morgan fingerprint density at radius 2 is 2.03 bits per heavy atom. The number of amides is 3. The minimum Gasteiger partial charge on any atom is -0.394 e. The van der Waals surface area contributed by atoms with E-state index in [-0.39, 0.29) is 108 Å². The zero-order valence-electron chi connectivity index (χ0n) is 19.2. The van der Waals surface area contributed by atoms with E-state index < -0.39 is 11.5 Å². The number of hydrogen-bond acceptors (Lipinski definition) is 10. The Morgan fingerprint density at radius 1 is 1.28 bits per heavy atom. The van der Waals surface area contributed by atoms with E-state index in [9.17, 15) is 24.0 Å². The molecule has 0 spiro atoms. The summed E-state index contributed by atoms with van der Waals surface area (Å²) in [6.45, 7) is 0.145. The minimum atomic E-state index is -0.549. The van der Waals surface area contributed by atoms with E-state index in [0.717, 1.165) is 0 Å². The highest BCUT2D eigenvalue weighted by Gasteiger charge is 2.37. The number of hydrogen-bond donors (Lipinski definition) is 3. The molecule has 1 atom stereocenters. The summed E-state index contributed by atoms with van der Waals surface area (Å²) in [7, 11) is 0. The first-order chi connectivity index (χ1) is 16.3. The number of anilines is 1. The van der Waals surface area contributed by atoms with Crippen LogP contribution in [-0.4, -0.2) is 92.7 Å². The quantitative estimate of drug-likeness (QED) is 0.183. The topological polar surface area (TPSA) is 177 Å². The third-order valence-corrected chi connectivity index (χ3v) is 6.09. The Kier molecular flexibility index (Phi) is 12.5. The largest absolute Gasteiger partial charge is 0.394 e. The van der Waals surface area contributed by atoms with E-state index >= 15 is 0 Å². The maximum absolute atomic E-state index is 12.2. The van der Waals surface area contributed by atoms with Crippen molar-refractivity contribution in [3.05, 3.63) is 16.7 Å². The first kappa shape index (κ1) is 31.0. The molecule has 3 N–H and O–H groups in total. The smallest absolute Gasteiger partial charge is 0.280 e. The molecule has 3 rings (SSSR count). The van der Waals surface area contributed by atoms with Crippen LogP contribution >= 0.6 is 11.8 Å². The van der Waals surface area contributed by atoms with Crippen LogP contribution in [0.3, 0.4) is 0 Å². The van der Waals surface area contributed by atoms with E-state index in [1.165, 1.54) is 27.6 Å². The second-order valence-corrected chi connectivity index (χ2v) is 8.60. The third kappa shape index (κ3) is 7.73. The van der Waals surface area contributed by atoms with Gasteiger partial charge in [-0.3, -0.25) is 43.7 Å². The van der Waals surface area contributed by atoms with Crippen LogP contribution in [0, 0.1) is 0 Å². The van der Waals surface area contributed by atoms with Gasteiger partial charge in [-0.15, -0.1) is 0 Å². The van der Waals surface area contributed by atoms with Crippen LogP contribution in [0.25, 0.3) is 11.2 Å². The van der Waals surface area contributed by atoms with Crippen molar-refractivity contribution < 1.29 is 29.0 Å². The van der Waals surface area contributed by atoms with Crippen molar-refractivity contribution >= 4 is 60.8 Å². The van der Waals surface area contributed by atoms with Gasteiger partial charge in [0.2, 0.25) is 23.7 Å². The number of aliphatic hydroxyl groups is 1. The number of aromatic amines is 1. The van der Waals surface area contributed by atoms with Crippen molar-refractivity contribution in [2.75, 3.05) is 31.3 Å². The molecule has 36 heavy (non-hydrogen) atoms. The molecule has 15 heteroatoms. The van der Waals surface area contributed by atoms with Crippen LogP contribution < -0.4 is 10.9 Å². The van der Waals surface area contributed by atoms with Gasteiger partial charge < -0.3 is 9.84 Å². The predicted molar refractivity (Wildman–Crippen MR) is 134 cm³/mol. The molecule has 0 bridgehead atoms. The van der Waals surface area contributed by atoms with Crippen LogP contribution in [0.4, 0.5) is 5.95 Å².